The summed E-state index contributed by atoms with van der Waals surface area (Å²) in [4.78, 5) is 15.5. The van der Waals surface area contributed by atoms with E-state index in [1.807, 2.05) is 0 Å². The molecule has 18 heavy (non-hydrogen) atoms. The number of halogens is 2. The monoisotopic (exact) mass is 273 g/mol. The molecule has 1 fully saturated rings. The number of carbonyl (C=O) groups is 1. The largest absolute Gasteiger partial charge is 0.350 e. The number of carbonyl (C=O) groups excluding carboxylic acids is 1. The molecule has 100 valence electrons. The van der Waals surface area contributed by atoms with Crippen LogP contribution in [-0.4, -0.2) is 16.4 Å². The van der Waals surface area contributed by atoms with Gasteiger partial charge < -0.3 is 11.1 Å². The smallest absolute Gasteiger partial charge is 0.240 e. The second-order valence-corrected chi connectivity index (χ2v) is 4.51. The van der Waals surface area contributed by atoms with Gasteiger partial charge in [-0.3, -0.25) is 9.78 Å². The van der Waals surface area contributed by atoms with Crippen molar-refractivity contribution in [3.8, 4) is 0 Å². The van der Waals surface area contributed by atoms with Crippen LogP contribution in [0.3, 0.4) is 0 Å². The number of rotatable bonds is 3. The fraction of sp³-hybridized carbons (Fsp3) is 0.500. The predicted octanol–water partition coefficient (Wildman–Crippen LogP) is 1.53. The molecule has 1 heterocycles. The molecule has 1 amide bonds. The molecule has 0 radical (unpaired) electrons. The van der Waals surface area contributed by atoms with Gasteiger partial charge in [0.25, 0.3) is 0 Å². The van der Waals surface area contributed by atoms with Crippen molar-refractivity contribution in [1.82, 2.24) is 10.3 Å². The highest BCUT2D eigenvalue weighted by molar-refractivity contribution is 5.86. The van der Waals surface area contributed by atoms with Crippen LogP contribution in [0.25, 0.3) is 0 Å². The third-order valence-electron chi connectivity index (χ3n) is 3.24. The first-order valence-corrected chi connectivity index (χ1v) is 5.77. The summed E-state index contributed by atoms with van der Waals surface area (Å²) in [6, 6.07) is 1.55. The Hall–Kier alpha value is -1.20. The molecule has 0 aromatic carbocycles. The molecular weight excluding hydrogens is 257 g/mol. The zero-order valence-corrected chi connectivity index (χ0v) is 10.8. The topological polar surface area (TPSA) is 68.0 Å². The van der Waals surface area contributed by atoms with Gasteiger partial charge in [-0.05, 0) is 18.9 Å². The molecule has 0 saturated heterocycles. The number of amides is 1. The fourth-order valence-corrected chi connectivity index (χ4v) is 2.13. The maximum atomic E-state index is 13.3. The highest BCUT2D eigenvalue weighted by Gasteiger charge is 2.36. The van der Waals surface area contributed by atoms with E-state index in [-0.39, 0.29) is 24.9 Å². The number of hydrogen-bond acceptors (Lipinski definition) is 3. The first-order valence-electron chi connectivity index (χ1n) is 5.77. The molecule has 1 aliphatic rings. The van der Waals surface area contributed by atoms with E-state index >= 15 is 0 Å². The van der Waals surface area contributed by atoms with Crippen LogP contribution in [0, 0.1) is 5.82 Å². The van der Waals surface area contributed by atoms with Gasteiger partial charge in [-0.1, -0.05) is 12.8 Å². The van der Waals surface area contributed by atoms with Crippen molar-refractivity contribution in [2.45, 2.75) is 37.8 Å². The first kappa shape index (κ1) is 14.9. The Labute approximate surface area is 112 Å². The first-order chi connectivity index (χ1) is 8.12. The molecule has 6 heteroatoms. The Balaban J connectivity index is 0.00000162. The van der Waals surface area contributed by atoms with Crippen LogP contribution in [0.15, 0.2) is 18.5 Å². The number of nitrogens with two attached hydrogens (primary N) is 1. The Morgan fingerprint density at radius 3 is 2.78 bits per heavy atom. The molecule has 1 aromatic heterocycles. The third-order valence-corrected chi connectivity index (χ3v) is 3.24. The molecule has 4 nitrogen and oxygen atoms in total. The lowest BCUT2D eigenvalue weighted by atomic mass is 9.98. The molecular formula is C12H17ClFN3O. The van der Waals surface area contributed by atoms with Crippen molar-refractivity contribution in [2.75, 3.05) is 0 Å². The van der Waals surface area contributed by atoms with E-state index in [4.69, 9.17) is 5.73 Å². The summed E-state index contributed by atoms with van der Waals surface area (Å²) < 4.78 is 13.3. The minimum absolute atomic E-state index is 0. The van der Waals surface area contributed by atoms with Crippen molar-refractivity contribution in [3.05, 3.63) is 29.8 Å². The predicted molar refractivity (Wildman–Crippen MR) is 68.7 cm³/mol. The number of nitrogens with one attached hydrogen (secondary N) is 1. The minimum atomic E-state index is -0.760. The Morgan fingerprint density at radius 2 is 2.17 bits per heavy atom. The highest BCUT2D eigenvalue weighted by atomic mass is 35.5. The number of pyridine rings is 1. The van der Waals surface area contributed by atoms with Crippen molar-refractivity contribution >= 4 is 18.3 Å². The molecule has 3 N–H and O–H groups in total. The SMILES string of the molecule is Cl.NC1(C(=O)NCc2ccncc2F)CCCC1. The van der Waals surface area contributed by atoms with Crippen LogP contribution in [0.5, 0.6) is 0 Å². The van der Waals surface area contributed by atoms with Crippen LogP contribution in [0.2, 0.25) is 0 Å². The van der Waals surface area contributed by atoms with E-state index in [0.717, 1.165) is 19.0 Å². The van der Waals surface area contributed by atoms with Crippen molar-refractivity contribution in [2.24, 2.45) is 5.73 Å². The van der Waals surface area contributed by atoms with Crippen molar-refractivity contribution < 1.29 is 9.18 Å². The number of aromatic nitrogens is 1. The zero-order chi connectivity index (χ0) is 12.3. The average molecular weight is 274 g/mol. The molecule has 0 atom stereocenters. The maximum Gasteiger partial charge on any atom is 0.240 e. The Bertz CT molecular complexity index is 422. The van der Waals surface area contributed by atoms with Gasteiger partial charge in [0, 0.05) is 18.3 Å². The average Bonchev–Trinajstić information content (AvgIpc) is 2.76. The Kier molecular flexibility index (Phi) is 5.04. The molecule has 0 spiro atoms. The minimum Gasteiger partial charge on any atom is -0.350 e. The molecule has 2 rings (SSSR count). The van der Waals surface area contributed by atoms with E-state index in [1.54, 1.807) is 6.07 Å². The third kappa shape index (κ3) is 3.17. The quantitative estimate of drug-likeness (QED) is 0.878. The highest BCUT2D eigenvalue weighted by Crippen LogP contribution is 2.27. The van der Waals surface area contributed by atoms with E-state index in [2.05, 4.69) is 10.3 Å². The molecule has 1 saturated carbocycles. The van der Waals surface area contributed by atoms with Crippen molar-refractivity contribution in [3.63, 3.8) is 0 Å². The lowest BCUT2D eigenvalue weighted by molar-refractivity contribution is -0.126. The fourth-order valence-electron chi connectivity index (χ4n) is 2.13. The maximum absolute atomic E-state index is 13.3. The summed E-state index contributed by atoms with van der Waals surface area (Å²) in [6.07, 6.45) is 6.00. The van der Waals surface area contributed by atoms with Crippen molar-refractivity contribution in [1.29, 1.82) is 0 Å². The molecule has 0 unspecified atom stereocenters. The molecule has 0 bridgehead atoms. The van der Waals surface area contributed by atoms with Crippen LogP contribution >= 0.6 is 12.4 Å². The molecule has 1 aromatic rings. The van der Waals surface area contributed by atoms with Gasteiger partial charge in [0.1, 0.15) is 5.82 Å². The summed E-state index contributed by atoms with van der Waals surface area (Å²) in [5.41, 5.74) is 5.65. The summed E-state index contributed by atoms with van der Waals surface area (Å²) in [5.74, 6) is -0.600. The Morgan fingerprint density at radius 1 is 1.50 bits per heavy atom. The van der Waals surface area contributed by atoms with Crippen LogP contribution < -0.4 is 11.1 Å². The second-order valence-electron chi connectivity index (χ2n) is 4.51. The van der Waals surface area contributed by atoms with E-state index in [0.29, 0.717) is 18.4 Å². The standard InChI is InChI=1S/C12H16FN3O.ClH/c13-10-8-15-6-3-9(10)7-16-11(17)12(14)4-1-2-5-12;/h3,6,8H,1-2,4-5,7,14H2,(H,16,17);1H. The summed E-state index contributed by atoms with van der Waals surface area (Å²) in [6.45, 7) is 0.159. The summed E-state index contributed by atoms with van der Waals surface area (Å²) in [5, 5.41) is 2.69. The van der Waals surface area contributed by atoms with E-state index in [9.17, 15) is 9.18 Å². The van der Waals surface area contributed by atoms with Gasteiger partial charge in [-0.2, -0.15) is 0 Å². The van der Waals surface area contributed by atoms with Crippen LogP contribution in [0.1, 0.15) is 31.2 Å². The molecule has 0 aliphatic heterocycles. The lowest BCUT2D eigenvalue weighted by Gasteiger charge is -2.22. The van der Waals surface area contributed by atoms with Gasteiger partial charge >= 0.3 is 0 Å². The second kappa shape index (κ2) is 6.11. The lowest BCUT2D eigenvalue weighted by Crippen LogP contribution is -2.51. The van der Waals surface area contributed by atoms with Gasteiger partial charge in [0.2, 0.25) is 5.91 Å². The van der Waals surface area contributed by atoms with E-state index in [1.165, 1.54) is 6.20 Å². The van der Waals surface area contributed by atoms with Gasteiger partial charge in [0.05, 0.1) is 11.7 Å². The number of hydrogen-bond donors (Lipinski definition) is 2. The van der Waals surface area contributed by atoms with Crippen LogP contribution in [-0.2, 0) is 11.3 Å². The summed E-state index contributed by atoms with van der Waals surface area (Å²) >= 11 is 0. The van der Waals surface area contributed by atoms with Gasteiger partial charge in [-0.15, -0.1) is 12.4 Å². The van der Waals surface area contributed by atoms with Gasteiger partial charge in [-0.25, -0.2) is 4.39 Å². The summed E-state index contributed by atoms with van der Waals surface area (Å²) in [7, 11) is 0. The normalized spacial score (nSPS) is 17.0. The number of nitrogens with zero attached hydrogens (tertiary/aromatic N) is 1. The zero-order valence-electron chi connectivity index (χ0n) is 9.99. The van der Waals surface area contributed by atoms with Gasteiger partial charge in [0.15, 0.2) is 0 Å². The van der Waals surface area contributed by atoms with E-state index < -0.39 is 11.4 Å². The van der Waals surface area contributed by atoms with Crippen LogP contribution in [0.4, 0.5) is 4.39 Å². The molecule has 1 aliphatic carbocycles.